The van der Waals surface area contributed by atoms with Crippen LogP contribution < -0.4 is 0 Å². The van der Waals surface area contributed by atoms with Gasteiger partial charge in [0.15, 0.2) is 0 Å². The molecule has 1 fully saturated rings. The fourth-order valence-corrected chi connectivity index (χ4v) is 4.53. The zero-order valence-corrected chi connectivity index (χ0v) is 13.4. The molecule has 21 heavy (non-hydrogen) atoms. The Bertz CT molecular complexity index is 711. The molecule has 1 aromatic carbocycles. The molecule has 1 heterocycles. The average Bonchev–Trinajstić information content (AvgIpc) is 2.46. The minimum absolute atomic E-state index is 0.000497. The monoisotopic (exact) mass is 372 g/mol. The van der Waals surface area contributed by atoms with Crippen LogP contribution in [0.15, 0.2) is 27.6 Å². The molecule has 0 aliphatic carbocycles. The molecule has 1 unspecified atom stereocenters. The molecule has 1 atom stereocenters. The maximum atomic E-state index is 12.6. The highest BCUT2D eigenvalue weighted by Crippen LogP contribution is 2.26. The summed E-state index contributed by atoms with van der Waals surface area (Å²) in [5.74, 6) is -1.67. The molecule has 1 saturated heterocycles. The first-order valence-corrected chi connectivity index (χ1v) is 8.51. The highest BCUT2D eigenvalue weighted by molar-refractivity contribution is 9.10. The van der Waals surface area contributed by atoms with E-state index in [1.54, 1.807) is 0 Å². The van der Waals surface area contributed by atoms with Crippen LogP contribution in [0.2, 0.25) is 0 Å². The van der Waals surface area contributed by atoms with Crippen molar-refractivity contribution in [3.05, 3.63) is 28.2 Å². The number of hydrogen-bond acceptors (Lipinski definition) is 4. The number of sulfonamides is 1. The first-order chi connectivity index (χ1) is 9.84. The van der Waals surface area contributed by atoms with Crippen molar-refractivity contribution in [2.45, 2.75) is 17.7 Å². The predicted molar refractivity (Wildman–Crippen MR) is 78.0 cm³/mol. The Morgan fingerprint density at radius 3 is 2.76 bits per heavy atom. The Morgan fingerprint density at radius 2 is 2.14 bits per heavy atom. The number of piperidine rings is 1. The van der Waals surface area contributed by atoms with E-state index in [0.717, 1.165) is 0 Å². The van der Waals surface area contributed by atoms with Gasteiger partial charge in [0.25, 0.3) is 0 Å². The Hall–Kier alpha value is -1.43. The van der Waals surface area contributed by atoms with Gasteiger partial charge in [-0.1, -0.05) is 15.9 Å². The summed E-state index contributed by atoms with van der Waals surface area (Å²) in [4.78, 5) is 11.0. The predicted octanol–water partition coefficient (Wildman–Crippen LogP) is 1.81. The number of nitriles is 1. The number of hydrogen-bond donors (Lipinski definition) is 1. The molecule has 1 aliphatic heterocycles. The van der Waals surface area contributed by atoms with E-state index in [9.17, 15) is 13.2 Å². The summed E-state index contributed by atoms with van der Waals surface area (Å²) >= 11 is 3.18. The van der Waals surface area contributed by atoms with Crippen molar-refractivity contribution >= 4 is 31.9 Å². The van der Waals surface area contributed by atoms with E-state index in [1.165, 1.54) is 22.5 Å². The van der Waals surface area contributed by atoms with Crippen LogP contribution in [0.5, 0.6) is 0 Å². The van der Waals surface area contributed by atoms with Crippen molar-refractivity contribution in [1.29, 1.82) is 5.26 Å². The lowest BCUT2D eigenvalue weighted by atomic mass is 10.0. The SMILES string of the molecule is N#Cc1cc(Br)cc(S(=O)(=O)N2CCCC(C(=O)O)C2)c1. The maximum absolute atomic E-state index is 12.6. The second kappa shape index (κ2) is 6.13. The standard InChI is InChI=1S/C13H13BrN2O4S/c14-11-4-9(7-15)5-12(6-11)21(19,20)16-3-1-2-10(8-16)13(17)18/h4-6,10H,1-3,8H2,(H,17,18). The third kappa shape index (κ3) is 3.43. The molecule has 1 aliphatic rings. The molecule has 8 heteroatoms. The van der Waals surface area contributed by atoms with Gasteiger partial charge in [-0.05, 0) is 31.0 Å². The number of rotatable bonds is 3. The van der Waals surface area contributed by atoms with Crippen LogP contribution in [0.25, 0.3) is 0 Å². The summed E-state index contributed by atoms with van der Waals surface area (Å²) in [5.41, 5.74) is 0.231. The number of carbonyl (C=O) groups is 1. The number of carboxylic acid groups (broad SMARTS) is 1. The van der Waals surface area contributed by atoms with E-state index >= 15 is 0 Å². The van der Waals surface area contributed by atoms with E-state index in [4.69, 9.17) is 10.4 Å². The Morgan fingerprint density at radius 1 is 1.43 bits per heavy atom. The maximum Gasteiger partial charge on any atom is 0.307 e. The van der Waals surface area contributed by atoms with Crippen LogP contribution >= 0.6 is 15.9 Å². The van der Waals surface area contributed by atoms with E-state index in [2.05, 4.69) is 15.9 Å². The Kier molecular flexibility index (Phi) is 4.66. The molecule has 1 N–H and O–H groups in total. The lowest BCUT2D eigenvalue weighted by Crippen LogP contribution is -2.42. The van der Waals surface area contributed by atoms with Crippen LogP contribution in [0.3, 0.4) is 0 Å². The van der Waals surface area contributed by atoms with Gasteiger partial charge in [-0.15, -0.1) is 0 Å². The summed E-state index contributed by atoms with van der Waals surface area (Å²) in [5, 5.41) is 18.0. The molecule has 0 radical (unpaired) electrons. The van der Waals surface area contributed by atoms with E-state index in [0.29, 0.717) is 23.9 Å². The second-order valence-electron chi connectivity index (χ2n) is 4.83. The molecule has 0 spiro atoms. The van der Waals surface area contributed by atoms with Crippen LogP contribution in [0.1, 0.15) is 18.4 Å². The zero-order valence-electron chi connectivity index (χ0n) is 11.0. The summed E-state index contributed by atoms with van der Waals surface area (Å²) in [6, 6.07) is 6.14. The summed E-state index contributed by atoms with van der Waals surface area (Å²) in [6.45, 7) is 0.257. The molecule has 1 aromatic rings. The number of aliphatic carboxylic acids is 1. The topological polar surface area (TPSA) is 98.5 Å². The molecule has 0 bridgehead atoms. The van der Waals surface area contributed by atoms with Gasteiger partial charge in [0.2, 0.25) is 10.0 Å². The Balaban J connectivity index is 2.36. The van der Waals surface area contributed by atoms with Crippen molar-refractivity contribution in [1.82, 2.24) is 4.31 Å². The Labute approximate surface area is 131 Å². The summed E-state index contributed by atoms with van der Waals surface area (Å²) in [7, 11) is -3.79. The van der Waals surface area contributed by atoms with Crippen molar-refractivity contribution in [2.75, 3.05) is 13.1 Å². The molecule has 0 aromatic heterocycles. The largest absolute Gasteiger partial charge is 0.481 e. The molecular weight excluding hydrogens is 360 g/mol. The van der Waals surface area contributed by atoms with Gasteiger partial charge in [0, 0.05) is 17.6 Å². The van der Waals surface area contributed by atoms with Gasteiger partial charge in [-0.2, -0.15) is 9.57 Å². The third-order valence-corrected chi connectivity index (χ3v) is 5.67. The molecular formula is C13H13BrN2O4S. The normalized spacial score (nSPS) is 19.9. The van der Waals surface area contributed by atoms with Gasteiger partial charge in [-0.3, -0.25) is 4.79 Å². The fourth-order valence-electron chi connectivity index (χ4n) is 2.29. The summed E-state index contributed by atoms with van der Waals surface area (Å²) < 4.78 is 26.8. The van der Waals surface area contributed by atoms with E-state index < -0.39 is 21.9 Å². The minimum Gasteiger partial charge on any atom is -0.481 e. The zero-order chi connectivity index (χ0) is 15.6. The van der Waals surface area contributed by atoms with Crippen molar-refractivity contribution in [2.24, 2.45) is 5.92 Å². The number of carboxylic acids is 1. The van der Waals surface area contributed by atoms with Crippen molar-refractivity contribution in [3.63, 3.8) is 0 Å². The van der Waals surface area contributed by atoms with Gasteiger partial charge in [0.1, 0.15) is 0 Å². The molecule has 2 rings (SSSR count). The van der Waals surface area contributed by atoms with Gasteiger partial charge >= 0.3 is 5.97 Å². The average molecular weight is 373 g/mol. The lowest BCUT2D eigenvalue weighted by molar-refractivity contribution is -0.142. The van der Waals surface area contributed by atoms with E-state index in [-0.39, 0.29) is 17.0 Å². The van der Waals surface area contributed by atoms with Crippen LogP contribution in [-0.2, 0) is 14.8 Å². The van der Waals surface area contributed by atoms with Crippen molar-refractivity contribution in [3.8, 4) is 6.07 Å². The first kappa shape index (κ1) is 15.9. The molecule has 112 valence electrons. The third-order valence-electron chi connectivity index (χ3n) is 3.37. The molecule has 6 nitrogen and oxygen atoms in total. The fraction of sp³-hybridized carbons (Fsp3) is 0.385. The van der Waals surface area contributed by atoms with Gasteiger partial charge in [-0.25, -0.2) is 8.42 Å². The molecule has 0 saturated carbocycles. The highest BCUT2D eigenvalue weighted by atomic mass is 79.9. The smallest absolute Gasteiger partial charge is 0.307 e. The van der Waals surface area contributed by atoms with Crippen LogP contribution in [0.4, 0.5) is 0 Å². The van der Waals surface area contributed by atoms with E-state index in [1.807, 2.05) is 6.07 Å². The number of benzene rings is 1. The van der Waals surface area contributed by atoms with Gasteiger partial charge in [0.05, 0.1) is 22.4 Å². The lowest BCUT2D eigenvalue weighted by Gasteiger charge is -2.29. The quantitative estimate of drug-likeness (QED) is 0.871. The minimum atomic E-state index is -3.79. The summed E-state index contributed by atoms with van der Waals surface area (Å²) in [6.07, 6.45) is 0.985. The second-order valence-corrected chi connectivity index (χ2v) is 7.68. The van der Waals surface area contributed by atoms with Gasteiger partial charge < -0.3 is 5.11 Å². The van der Waals surface area contributed by atoms with Crippen molar-refractivity contribution < 1.29 is 18.3 Å². The number of nitrogens with zero attached hydrogens (tertiary/aromatic N) is 2. The first-order valence-electron chi connectivity index (χ1n) is 6.28. The highest BCUT2D eigenvalue weighted by Gasteiger charge is 2.33. The molecule has 0 amide bonds. The van der Waals surface area contributed by atoms with Crippen LogP contribution in [-0.4, -0.2) is 36.9 Å². The number of halogens is 1. The van der Waals surface area contributed by atoms with Crippen LogP contribution in [0, 0.1) is 17.2 Å².